The van der Waals surface area contributed by atoms with Crippen LogP contribution in [0.15, 0.2) is 0 Å². The molecule has 80 valence electrons. The van der Waals surface area contributed by atoms with Gasteiger partial charge in [0.2, 0.25) is 0 Å². The molecule has 1 aliphatic carbocycles. The van der Waals surface area contributed by atoms with Gasteiger partial charge in [-0.2, -0.15) is 0 Å². The van der Waals surface area contributed by atoms with Crippen LogP contribution in [0.4, 0.5) is 0 Å². The van der Waals surface area contributed by atoms with Gasteiger partial charge in [0.15, 0.2) is 0 Å². The fourth-order valence-corrected chi connectivity index (χ4v) is 2.07. The topological polar surface area (TPSA) is 43.4 Å². The normalized spacial score (nSPS) is 27.8. The van der Waals surface area contributed by atoms with E-state index in [0.717, 1.165) is 12.8 Å². The lowest BCUT2D eigenvalue weighted by atomic mass is 9.81. The second-order valence-corrected chi connectivity index (χ2v) is 4.42. The summed E-state index contributed by atoms with van der Waals surface area (Å²) < 4.78 is 4.91. The van der Waals surface area contributed by atoms with Gasteiger partial charge in [-0.25, -0.2) is 0 Å². The van der Waals surface area contributed by atoms with Gasteiger partial charge in [0.05, 0.1) is 0 Å². The van der Waals surface area contributed by atoms with Crippen molar-refractivity contribution in [1.29, 1.82) is 0 Å². The van der Waals surface area contributed by atoms with Crippen LogP contribution >= 0.6 is 0 Å². The zero-order chi connectivity index (χ0) is 10.6. The molecule has 0 bridgehead atoms. The summed E-state index contributed by atoms with van der Waals surface area (Å²) in [4.78, 5) is 21.7. The van der Waals surface area contributed by atoms with Crippen LogP contribution in [0.1, 0.15) is 39.5 Å². The van der Waals surface area contributed by atoms with E-state index in [4.69, 9.17) is 4.74 Å². The van der Waals surface area contributed by atoms with Crippen molar-refractivity contribution in [3.05, 3.63) is 0 Å². The van der Waals surface area contributed by atoms with E-state index in [1.807, 2.05) is 0 Å². The van der Waals surface area contributed by atoms with Gasteiger partial charge in [-0.15, -0.1) is 0 Å². The van der Waals surface area contributed by atoms with Crippen LogP contribution in [0.25, 0.3) is 0 Å². The van der Waals surface area contributed by atoms with E-state index in [0.29, 0.717) is 31.0 Å². The van der Waals surface area contributed by atoms with E-state index in [1.165, 1.54) is 0 Å². The predicted octanol–water partition coefficient (Wildman–Crippen LogP) is 1.94. The molecule has 0 spiro atoms. The van der Waals surface area contributed by atoms with Crippen LogP contribution < -0.4 is 0 Å². The van der Waals surface area contributed by atoms with Crippen molar-refractivity contribution < 1.29 is 14.3 Å². The maximum atomic E-state index is 11.5. The molecule has 2 atom stereocenters. The van der Waals surface area contributed by atoms with Crippen molar-refractivity contribution in [3.63, 3.8) is 0 Å². The Morgan fingerprint density at radius 1 is 1.57 bits per heavy atom. The maximum absolute atomic E-state index is 11.5. The molecule has 0 heterocycles. The van der Waals surface area contributed by atoms with Crippen LogP contribution in [0.5, 0.6) is 0 Å². The number of ketones is 1. The van der Waals surface area contributed by atoms with Crippen molar-refractivity contribution in [1.82, 2.24) is 0 Å². The summed E-state index contributed by atoms with van der Waals surface area (Å²) in [7, 11) is 0. The first kappa shape index (κ1) is 11.2. The fourth-order valence-electron chi connectivity index (χ4n) is 2.07. The standard InChI is InChI=1S/C11H18O3/c1-8(2)5-9-6-10(14-7-12)3-4-11(9)13/h7-10H,3-6H2,1-2H3. The van der Waals surface area contributed by atoms with Crippen LogP contribution in [0, 0.1) is 11.8 Å². The highest BCUT2D eigenvalue weighted by Gasteiger charge is 2.29. The lowest BCUT2D eigenvalue weighted by Gasteiger charge is -2.27. The van der Waals surface area contributed by atoms with E-state index in [9.17, 15) is 9.59 Å². The Bertz CT molecular complexity index is 211. The molecule has 0 aromatic heterocycles. The first-order valence-electron chi connectivity index (χ1n) is 5.25. The molecule has 2 unspecified atom stereocenters. The minimum absolute atomic E-state index is 0.0334. The van der Waals surface area contributed by atoms with Gasteiger partial charge in [0.25, 0.3) is 6.47 Å². The Hall–Kier alpha value is -0.860. The third-order valence-corrected chi connectivity index (χ3v) is 2.72. The first-order valence-corrected chi connectivity index (χ1v) is 5.25. The Morgan fingerprint density at radius 3 is 2.86 bits per heavy atom. The summed E-state index contributed by atoms with van der Waals surface area (Å²) in [5.41, 5.74) is 0. The number of Topliss-reactive ketones (excluding diaryl/α,β-unsaturated/α-hetero) is 1. The zero-order valence-corrected chi connectivity index (χ0v) is 8.86. The summed E-state index contributed by atoms with van der Waals surface area (Å²) >= 11 is 0. The van der Waals surface area contributed by atoms with Crippen LogP contribution in [0.2, 0.25) is 0 Å². The second kappa shape index (κ2) is 5.13. The Labute approximate surface area is 84.8 Å². The van der Waals surface area contributed by atoms with E-state index in [1.54, 1.807) is 0 Å². The third-order valence-electron chi connectivity index (χ3n) is 2.72. The van der Waals surface area contributed by atoms with E-state index in [-0.39, 0.29) is 12.0 Å². The number of hydrogen-bond donors (Lipinski definition) is 0. The van der Waals surface area contributed by atoms with Crippen LogP contribution in [-0.4, -0.2) is 18.4 Å². The van der Waals surface area contributed by atoms with Gasteiger partial charge in [-0.1, -0.05) is 13.8 Å². The van der Waals surface area contributed by atoms with Crippen molar-refractivity contribution in [2.45, 2.75) is 45.6 Å². The van der Waals surface area contributed by atoms with Crippen molar-refractivity contribution in [2.75, 3.05) is 0 Å². The molecule has 3 heteroatoms. The monoisotopic (exact) mass is 198 g/mol. The molecule has 0 amide bonds. The van der Waals surface area contributed by atoms with Crippen LogP contribution in [-0.2, 0) is 14.3 Å². The van der Waals surface area contributed by atoms with Crippen LogP contribution in [0.3, 0.4) is 0 Å². The zero-order valence-electron chi connectivity index (χ0n) is 8.86. The summed E-state index contributed by atoms with van der Waals surface area (Å²) in [6.07, 6.45) is 2.86. The molecule has 0 aromatic carbocycles. The van der Waals surface area contributed by atoms with Gasteiger partial charge < -0.3 is 4.74 Å². The lowest BCUT2D eigenvalue weighted by molar-refractivity contribution is -0.140. The number of carbonyl (C=O) groups excluding carboxylic acids is 2. The molecule has 1 aliphatic rings. The Morgan fingerprint density at radius 2 is 2.29 bits per heavy atom. The lowest BCUT2D eigenvalue weighted by Crippen LogP contribution is -2.30. The third kappa shape index (κ3) is 3.13. The summed E-state index contributed by atoms with van der Waals surface area (Å²) in [6.45, 7) is 4.71. The minimum atomic E-state index is -0.0334. The largest absolute Gasteiger partial charge is 0.465 e. The summed E-state index contributed by atoms with van der Waals surface area (Å²) in [5, 5.41) is 0. The average molecular weight is 198 g/mol. The Balaban J connectivity index is 2.46. The summed E-state index contributed by atoms with van der Waals surface area (Å²) in [5.74, 6) is 0.970. The van der Waals surface area contributed by atoms with E-state index in [2.05, 4.69) is 13.8 Å². The first-order chi connectivity index (χ1) is 6.63. The minimum Gasteiger partial charge on any atom is -0.465 e. The highest BCUT2D eigenvalue weighted by Crippen LogP contribution is 2.27. The molecule has 0 aliphatic heterocycles. The predicted molar refractivity (Wildman–Crippen MR) is 52.7 cm³/mol. The average Bonchev–Trinajstić information content (AvgIpc) is 2.10. The van der Waals surface area contributed by atoms with Crippen molar-refractivity contribution in [3.8, 4) is 0 Å². The number of ether oxygens (including phenoxy) is 1. The smallest absolute Gasteiger partial charge is 0.293 e. The van der Waals surface area contributed by atoms with Gasteiger partial charge in [-0.3, -0.25) is 9.59 Å². The number of carbonyl (C=O) groups is 2. The van der Waals surface area contributed by atoms with Crippen molar-refractivity contribution in [2.24, 2.45) is 11.8 Å². The molecule has 0 aromatic rings. The molecule has 0 saturated heterocycles. The van der Waals surface area contributed by atoms with E-state index >= 15 is 0 Å². The molecule has 1 fully saturated rings. The van der Waals surface area contributed by atoms with Gasteiger partial charge in [0, 0.05) is 12.3 Å². The molecule has 0 radical (unpaired) electrons. The van der Waals surface area contributed by atoms with Crippen molar-refractivity contribution >= 4 is 12.3 Å². The number of hydrogen-bond acceptors (Lipinski definition) is 3. The number of rotatable bonds is 4. The van der Waals surface area contributed by atoms with Gasteiger partial charge in [-0.05, 0) is 25.2 Å². The molecule has 0 N–H and O–H groups in total. The van der Waals surface area contributed by atoms with E-state index < -0.39 is 0 Å². The molecule has 1 saturated carbocycles. The molecular weight excluding hydrogens is 180 g/mol. The molecule has 3 nitrogen and oxygen atoms in total. The second-order valence-electron chi connectivity index (χ2n) is 4.42. The van der Waals surface area contributed by atoms with Gasteiger partial charge >= 0.3 is 0 Å². The quantitative estimate of drug-likeness (QED) is 0.648. The summed E-state index contributed by atoms with van der Waals surface area (Å²) in [6, 6.07) is 0. The Kier molecular flexibility index (Phi) is 4.11. The highest BCUT2D eigenvalue weighted by atomic mass is 16.5. The fraction of sp³-hybridized carbons (Fsp3) is 0.818. The SMILES string of the molecule is CC(C)CC1CC(OC=O)CCC1=O. The highest BCUT2D eigenvalue weighted by molar-refractivity contribution is 5.81. The molecule has 14 heavy (non-hydrogen) atoms. The molecular formula is C11H18O3. The van der Waals surface area contributed by atoms with Gasteiger partial charge in [0.1, 0.15) is 11.9 Å². The maximum Gasteiger partial charge on any atom is 0.293 e. The molecule has 1 rings (SSSR count).